The van der Waals surface area contributed by atoms with Crippen molar-refractivity contribution < 1.29 is 13.2 Å². The van der Waals surface area contributed by atoms with Gasteiger partial charge in [-0.25, -0.2) is 18.1 Å². The maximum absolute atomic E-state index is 13.4. The molecule has 0 aliphatic heterocycles. The summed E-state index contributed by atoms with van der Waals surface area (Å²) in [5.41, 5.74) is 3.37. The van der Waals surface area contributed by atoms with Crippen molar-refractivity contribution in [2.75, 3.05) is 10.0 Å². The van der Waals surface area contributed by atoms with Gasteiger partial charge in [0.2, 0.25) is 0 Å². The van der Waals surface area contributed by atoms with Crippen molar-refractivity contribution in [3.05, 3.63) is 103 Å². The average Bonchev–Trinajstić information content (AvgIpc) is 3.32. The summed E-state index contributed by atoms with van der Waals surface area (Å²) < 4.78 is 29.7. The van der Waals surface area contributed by atoms with Crippen molar-refractivity contribution in [3.63, 3.8) is 0 Å². The van der Waals surface area contributed by atoms with Crippen LogP contribution in [0.5, 0.6) is 0 Å². The van der Waals surface area contributed by atoms with E-state index in [1.165, 1.54) is 12.1 Å². The number of nitrogens with one attached hydrogen (secondary N) is 2. The Kier molecular flexibility index (Phi) is 6.22. The molecule has 2 heterocycles. The molecule has 36 heavy (non-hydrogen) atoms. The van der Waals surface area contributed by atoms with Gasteiger partial charge in [0.1, 0.15) is 0 Å². The first-order valence-electron chi connectivity index (χ1n) is 11.4. The van der Waals surface area contributed by atoms with Gasteiger partial charge in [-0.3, -0.25) is 9.52 Å². The number of hydrogen-bond acceptors (Lipinski definition) is 5. The quantitative estimate of drug-likeness (QED) is 0.323. The van der Waals surface area contributed by atoms with E-state index >= 15 is 0 Å². The SMILES string of the molecule is CCn1ncc2c(C(=O)Nc3cccc(NS(=O)(=O)c4ccccc4)c3)cc(-c3ccccc3)nc21. The standard InChI is InChI=1S/C27H23N5O3S/c1-2-32-26-24(18-28-32)23(17-25(30-26)19-10-5-3-6-11-19)27(33)29-20-12-9-13-21(16-20)31-36(34,35)22-14-7-4-8-15-22/h3-18,31H,2H2,1H3,(H,29,33). The van der Waals surface area contributed by atoms with E-state index in [1.54, 1.807) is 59.4 Å². The third-order valence-electron chi connectivity index (χ3n) is 5.65. The Balaban J connectivity index is 1.46. The molecule has 1 amide bonds. The van der Waals surface area contributed by atoms with Crippen LogP contribution in [-0.4, -0.2) is 29.1 Å². The molecule has 0 saturated carbocycles. The molecule has 2 N–H and O–H groups in total. The lowest BCUT2D eigenvalue weighted by Crippen LogP contribution is -2.15. The van der Waals surface area contributed by atoms with Gasteiger partial charge in [-0.1, -0.05) is 54.6 Å². The maximum atomic E-state index is 13.4. The van der Waals surface area contributed by atoms with Crippen molar-refractivity contribution in [1.29, 1.82) is 0 Å². The van der Waals surface area contributed by atoms with E-state index in [4.69, 9.17) is 4.98 Å². The van der Waals surface area contributed by atoms with Crippen LogP contribution >= 0.6 is 0 Å². The summed E-state index contributed by atoms with van der Waals surface area (Å²) in [6, 6.07) is 26.0. The van der Waals surface area contributed by atoms with Gasteiger partial charge in [0.25, 0.3) is 15.9 Å². The van der Waals surface area contributed by atoms with Crippen LogP contribution in [0.15, 0.2) is 102 Å². The van der Waals surface area contributed by atoms with Crippen LogP contribution in [0.3, 0.4) is 0 Å². The highest BCUT2D eigenvalue weighted by Crippen LogP contribution is 2.26. The van der Waals surface area contributed by atoms with Gasteiger partial charge in [0, 0.05) is 17.8 Å². The highest BCUT2D eigenvalue weighted by Gasteiger charge is 2.18. The van der Waals surface area contributed by atoms with Crippen LogP contribution in [-0.2, 0) is 16.6 Å². The average molecular weight is 498 g/mol. The van der Waals surface area contributed by atoms with Crippen LogP contribution in [0.1, 0.15) is 17.3 Å². The Morgan fingerprint density at radius 1 is 0.889 bits per heavy atom. The van der Waals surface area contributed by atoms with Crippen LogP contribution in [0, 0.1) is 0 Å². The van der Waals surface area contributed by atoms with Crippen LogP contribution in [0.25, 0.3) is 22.3 Å². The van der Waals surface area contributed by atoms with E-state index < -0.39 is 10.0 Å². The number of benzene rings is 3. The number of fused-ring (bicyclic) bond motifs is 1. The first-order chi connectivity index (χ1) is 17.4. The van der Waals surface area contributed by atoms with Crippen molar-refractivity contribution in [3.8, 4) is 11.3 Å². The van der Waals surface area contributed by atoms with Gasteiger partial charge in [0.15, 0.2) is 5.65 Å². The number of carbonyl (C=O) groups is 1. The van der Waals surface area contributed by atoms with Crippen LogP contribution in [0.2, 0.25) is 0 Å². The van der Waals surface area contributed by atoms with E-state index in [1.807, 2.05) is 37.3 Å². The number of nitrogens with zero attached hydrogens (tertiary/aromatic N) is 3. The first-order valence-corrected chi connectivity index (χ1v) is 12.8. The topological polar surface area (TPSA) is 106 Å². The molecule has 0 aliphatic rings. The number of aryl methyl sites for hydroxylation is 1. The van der Waals surface area contributed by atoms with E-state index in [0.717, 1.165) is 5.56 Å². The van der Waals surface area contributed by atoms with Gasteiger partial charge in [0.05, 0.1) is 33.4 Å². The highest BCUT2D eigenvalue weighted by molar-refractivity contribution is 7.92. The Morgan fingerprint density at radius 3 is 2.31 bits per heavy atom. The van der Waals surface area contributed by atoms with Gasteiger partial charge in [-0.05, 0) is 43.3 Å². The fourth-order valence-electron chi connectivity index (χ4n) is 3.90. The van der Waals surface area contributed by atoms with Crippen LogP contribution < -0.4 is 10.0 Å². The van der Waals surface area contributed by atoms with E-state index in [9.17, 15) is 13.2 Å². The number of rotatable bonds is 7. The fraction of sp³-hybridized carbons (Fsp3) is 0.0741. The summed E-state index contributed by atoms with van der Waals surface area (Å²) >= 11 is 0. The molecular weight excluding hydrogens is 474 g/mol. The summed E-state index contributed by atoms with van der Waals surface area (Å²) in [6.07, 6.45) is 1.64. The molecule has 0 fully saturated rings. The zero-order valence-electron chi connectivity index (χ0n) is 19.4. The predicted molar refractivity (Wildman–Crippen MR) is 140 cm³/mol. The maximum Gasteiger partial charge on any atom is 0.261 e. The number of carbonyl (C=O) groups excluding carboxylic acids is 1. The number of sulfonamides is 1. The zero-order valence-corrected chi connectivity index (χ0v) is 20.2. The Bertz CT molecular complexity index is 1650. The number of aromatic nitrogens is 3. The lowest BCUT2D eigenvalue weighted by Gasteiger charge is -2.12. The third kappa shape index (κ3) is 4.69. The Hall–Kier alpha value is -4.50. The Labute approximate surface area is 208 Å². The molecule has 0 spiro atoms. The first kappa shape index (κ1) is 23.3. The van der Waals surface area contributed by atoms with E-state index in [-0.39, 0.29) is 10.8 Å². The summed E-state index contributed by atoms with van der Waals surface area (Å²) in [7, 11) is -3.76. The van der Waals surface area contributed by atoms with Gasteiger partial charge < -0.3 is 5.32 Å². The van der Waals surface area contributed by atoms with Gasteiger partial charge in [-0.15, -0.1) is 0 Å². The predicted octanol–water partition coefficient (Wildman–Crippen LogP) is 5.17. The zero-order chi connectivity index (χ0) is 25.1. The molecule has 0 aliphatic carbocycles. The van der Waals surface area contributed by atoms with Crippen molar-refractivity contribution in [2.45, 2.75) is 18.4 Å². The summed E-state index contributed by atoms with van der Waals surface area (Å²) in [6.45, 7) is 2.57. The monoisotopic (exact) mass is 497 g/mol. The molecular formula is C27H23N5O3S. The second-order valence-electron chi connectivity index (χ2n) is 8.07. The second kappa shape index (κ2) is 9.63. The van der Waals surface area contributed by atoms with Crippen molar-refractivity contribution >= 4 is 38.3 Å². The summed E-state index contributed by atoms with van der Waals surface area (Å²) in [5, 5.41) is 7.90. The molecule has 0 unspecified atom stereocenters. The molecule has 5 rings (SSSR count). The lowest BCUT2D eigenvalue weighted by atomic mass is 10.1. The van der Waals surface area contributed by atoms with Crippen LogP contribution in [0.4, 0.5) is 11.4 Å². The number of hydrogen-bond donors (Lipinski definition) is 2. The second-order valence-corrected chi connectivity index (χ2v) is 9.75. The van der Waals surface area contributed by atoms with E-state index in [2.05, 4.69) is 15.1 Å². The summed E-state index contributed by atoms with van der Waals surface area (Å²) in [5.74, 6) is -0.349. The largest absolute Gasteiger partial charge is 0.322 e. The smallest absolute Gasteiger partial charge is 0.261 e. The number of amides is 1. The summed E-state index contributed by atoms with van der Waals surface area (Å²) in [4.78, 5) is 18.3. The molecule has 0 radical (unpaired) electrons. The van der Waals surface area contributed by atoms with Crippen molar-refractivity contribution in [1.82, 2.24) is 14.8 Å². The molecule has 0 atom stereocenters. The van der Waals surface area contributed by atoms with Crippen molar-refractivity contribution in [2.24, 2.45) is 0 Å². The molecule has 5 aromatic rings. The molecule has 2 aromatic heterocycles. The normalized spacial score (nSPS) is 11.4. The molecule has 8 nitrogen and oxygen atoms in total. The molecule has 0 saturated heterocycles. The molecule has 9 heteroatoms. The molecule has 180 valence electrons. The van der Waals surface area contributed by atoms with Gasteiger partial charge in [-0.2, -0.15) is 5.10 Å². The molecule has 0 bridgehead atoms. The van der Waals surface area contributed by atoms with E-state index in [0.29, 0.717) is 40.2 Å². The highest BCUT2D eigenvalue weighted by atomic mass is 32.2. The number of pyridine rings is 1. The number of anilines is 2. The third-order valence-corrected chi connectivity index (χ3v) is 7.05. The Morgan fingerprint density at radius 2 is 1.58 bits per heavy atom. The minimum atomic E-state index is -3.76. The molecule has 3 aromatic carbocycles. The fourth-order valence-corrected chi connectivity index (χ4v) is 4.97. The minimum Gasteiger partial charge on any atom is -0.322 e. The van der Waals surface area contributed by atoms with Gasteiger partial charge >= 0.3 is 0 Å². The lowest BCUT2D eigenvalue weighted by molar-refractivity contribution is 0.102. The minimum absolute atomic E-state index is 0.153.